The zero-order valence-corrected chi connectivity index (χ0v) is 15.5. The van der Waals surface area contributed by atoms with Crippen LogP contribution in [0.4, 0.5) is 18.9 Å². The first-order valence-corrected chi connectivity index (χ1v) is 8.52. The van der Waals surface area contributed by atoms with Gasteiger partial charge in [0.1, 0.15) is 5.66 Å². The van der Waals surface area contributed by atoms with Gasteiger partial charge in [0.25, 0.3) is 0 Å². The maximum atomic E-state index is 13.7. The lowest BCUT2D eigenvalue weighted by atomic mass is 9.83. The first kappa shape index (κ1) is 19.3. The van der Waals surface area contributed by atoms with E-state index in [2.05, 4.69) is 5.32 Å². The van der Waals surface area contributed by atoms with Crippen molar-refractivity contribution in [1.82, 2.24) is 10.2 Å². The molecule has 7 heteroatoms. The first-order valence-electron chi connectivity index (χ1n) is 8.52. The Morgan fingerprint density at radius 1 is 1.15 bits per heavy atom. The number of halogens is 3. The fourth-order valence-corrected chi connectivity index (χ4v) is 3.41. The van der Waals surface area contributed by atoms with Crippen LogP contribution in [0.25, 0.3) is 6.08 Å². The highest BCUT2D eigenvalue weighted by atomic mass is 19.4. The van der Waals surface area contributed by atoms with Gasteiger partial charge in [-0.3, -0.25) is 0 Å². The molecule has 1 heterocycles. The summed E-state index contributed by atoms with van der Waals surface area (Å²) in [5, 5.41) is 3.02. The van der Waals surface area contributed by atoms with Crippen LogP contribution >= 0.6 is 0 Å². The molecule has 1 aliphatic heterocycles. The molecule has 0 fully saturated rings. The molecule has 0 spiro atoms. The van der Waals surface area contributed by atoms with Gasteiger partial charge in [-0.25, -0.2) is 0 Å². The minimum absolute atomic E-state index is 0.183. The number of rotatable bonds is 3. The number of anilines is 1. The maximum absolute atomic E-state index is 13.7. The van der Waals surface area contributed by atoms with Crippen molar-refractivity contribution in [2.75, 3.05) is 19.8 Å². The number of nitrogens with one attached hydrogen (secondary N) is 1. The molecule has 2 aromatic carbocycles. The van der Waals surface area contributed by atoms with Crippen LogP contribution < -0.4 is 16.8 Å². The van der Waals surface area contributed by atoms with Crippen LogP contribution in [-0.4, -0.2) is 19.0 Å². The van der Waals surface area contributed by atoms with Crippen molar-refractivity contribution < 1.29 is 13.2 Å². The molecule has 144 valence electrons. The molecule has 2 aromatic rings. The van der Waals surface area contributed by atoms with Gasteiger partial charge >= 0.3 is 6.18 Å². The molecule has 0 aliphatic carbocycles. The van der Waals surface area contributed by atoms with Crippen molar-refractivity contribution in [3.8, 4) is 0 Å². The maximum Gasteiger partial charge on any atom is 0.416 e. The van der Waals surface area contributed by atoms with Gasteiger partial charge in [-0.05, 0) is 56.1 Å². The Labute approximate surface area is 156 Å². The normalized spacial score (nSPS) is 19.1. The lowest BCUT2D eigenvalue weighted by Crippen LogP contribution is -2.51. The Bertz CT molecular complexity index is 903. The van der Waals surface area contributed by atoms with Crippen molar-refractivity contribution in [3.05, 3.63) is 69.9 Å². The Kier molecular flexibility index (Phi) is 4.69. The van der Waals surface area contributed by atoms with Gasteiger partial charge in [0.2, 0.25) is 0 Å². The third-order valence-corrected chi connectivity index (χ3v) is 4.85. The number of benzene rings is 2. The number of nitrogens with zero attached hydrogens (tertiary/aromatic N) is 1. The summed E-state index contributed by atoms with van der Waals surface area (Å²) in [6, 6.07) is 7.88. The lowest BCUT2D eigenvalue weighted by molar-refractivity contribution is -0.138. The van der Waals surface area contributed by atoms with E-state index in [9.17, 15) is 13.2 Å². The molecule has 0 amide bonds. The van der Waals surface area contributed by atoms with Crippen LogP contribution in [0.2, 0.25) is 0 Å². The molecule has 1 aliphatic rings. The van der Waals surface area contributed by atoms with Crippen molar-refractivity contribution in [2.24, 2.45) is 5.73 Å². The minimum atomic E-state index is -4.47. The summed E-state index contributed by atoms with van der Waals surface area (Å²) >= 11 is 0. The number of hydrogen-bond acceptors (Lipinski definition) is 4. The number of nitrogens with two attached hydrogens (primary N) is 2. The third-order valence-electron chi connectivity index (χ3n) is 4.85. The van der Waals surface area contributed by atoms with Gasteiger partial charge in [-0.1, -0.05) is 24.3 Å². The fourth-order valence-electron chi connectivity index (χ4n) is 3.41. The van der Waals surface area contributed by atoms with E-state index in [1.54, 1.807) is 43.4 Å². The molecular formula is C20H23F3N4. The summed E-state index contributed by atoms with van der Waals surface area (Å²) in [5.41, 5.74) is 14.1. The van der Waals surface area contributed by atoms with Crippen molar-refractivity contribution >= 4 is 11.8 Å². The zero-order valence-electron chi connectivity index (χ0n) is 15.5. The van der Waals surface area contributed by atoms with Gasteiger partial charge in [0.05, 0.1) is 5.56 Å². The number of fused-ring (bicyclic) bond motifs is 1. The van der Waals surface area contributed by atoms with Crippen LogP contribution in [0.3, 0.4) is 0 Å². The fraction of sp³-hybridized carbons (Fsp3) is 0.300. The monoisotopic (exact) mass is 376 g/mol. The van der Waals surface area contributed by atoms with E-state index in [4.69, 9.17) is 11.5 Å². The second-order valence-corrected chi connectivity index (χ2v) is 7.15. The van der Waals surface area contributed by atoms with Gasteiger partial charge in [0, 0.05) is 23.4 Å². The predicted molar refractivity (Wildman–Crippen MR) is 102 cm³/mol. The van der Waals surface area contributed by atoms with E-state index in [-0.39, 0.29) is 12.1 Å². The molecule has 0 bridgehead atoms. The summed E-state index contributed by atoms with van der Waals surface area (Å²) in [4.78, 5) is 1.70. The van der Waals surface area contributed by atoms with E-state index in [1.165, 1.54) is 6.07 Å². The Hall–Kier alpha value is -2.51. The minimum Gasteiger partial charge on any atom is -0.398 e. The number of nitrogen functional groups attached to an aromatic ring is 1. The second-order valence-electron chi connectivity index (χ2n) is 7.15. The van der Waals surface area contributed by atoms with Crippen molar-refractivity contribution in [2.45, 2.75) is 25.3 Å². The Morgan fingerprint density at radius 2 is 1.85 bits per heavy atom. The van der Waals surface area contributed by atoms with Gasteiger partial charge in [-0.15, -0.1) is 0 Å². The van der Waals surface area contributed by atoms with E-state index >= 15 is 0 Å². The van der Waals surface area contributed by atoms with E-state index < -0.39 is 17.4 Å². The van der Waals surface area contributed by atoms with Crippen LogP contribution in [0, 0.1) is 6.92 Å². The molecule has 0 radical (unpaired) electrons. The number of alkyl halides is 3. The van der Waals surface area contributed by atoms with Crippen LogP contribution in [-0.2, 0) is 18.4 Å². The summed E-state index contributed by atoms with van der Waals surface area (Å²) in [6.07, 6.45) is -1.07. The predicted octanol–water partition coefficient (Wildman–Crippen LogP) is 3.39. The summed E-state index contributed by atoms with van der Waals surface area (Å²) in [6.45, 7) is 2.06. The molecule has 0 aromatic heterocycles. The molecule has 27 heavy (non-hydrogen) atoms. The molecule has 1 unspecified atom stereocenters. The van der Waals surface area contributed by atoms with Crippen LogP contribution in [0.1, 0.15) is 33.4 Å². The number of aryl methyl sites for hydroxylation is 1. The highest BCUT2D eigenvalue weighted by Crippen LogP contribution is 2.39. The molecule has 3 rings (SSSR count). The largest absolute Gasteiger partial charge is 0.416 e. The zero-order chi connectivity index (χ0) is 20.0. The molecule has 0 saturated carbocycles. The third kappa shape index (κ3) is 3.40. The van der Waals surface area contributed by atoms with E-state index in [0.29, 0.717) is 16.8 Å². The Morgan fingerprint density at radius 3 is 2.48 bits per heavy atom. The van der Waals surface area contributed by atoms with Crippen molar-refractivity contribution in [3.63, 3.8) is 0 Å². The quantitative estimate of drug-likeness (QED) is 0.719. The van der Waals surface area contributed by atoms with Gasteiger partial charge in [0.15, 0.2) is 0 Å². The smallest absolute Gasteiger partial charge is 0.398 e. The highest BCUT2D eigenvalue weighted by Gasteiger charge is 2.38. The van der Waals surface area contributed by atoms with Crippen molar-refractivity contribution in [1.29, 1.82) is 0 Å². The molecule has 4 nitrogen and oxygen atoms in total. The van der Waals surface area contributed by atoms with E-state index in [1.807, 2.05) is 13.0 Å². The topological polar surface area (TPSA) is 67.3 Å². The lowest BCUT2D eigenvalue weighted by Gasteiger charge is -2.36. The average molecular weight is 376 g/mol. The average Bonchev–Trinajstić information content (AvgIpc) is 2.57. The Balaban J connectivity index is 2.18. The van der Waals surface area contributed by atoms with Gasteiger partial charge in [-0.2, -0.15) is 13.2 Å². The standard InChI is InChI=1S/C20H23F3N4/c1-12-4-7-16-15(18(12)24)8-9-26-19(16,25)14-6-5-13(11-27(2)3)17(10-14)20(21,22)23/h4-10,26H,11,24-25H2,1-3H3. The summed E-state index contributed by atoms with van der Waals surface area (Å²) in [5.74, 6) is 0. The second kappa shape index (κ2) is 6.58. The van der Waals surface area contributed by atoms with Gasteiger partial charge < -0.3 is 21.7 Å². The van der Waals surface area contributed by atoms with Crippen LogP contribution in [0.5, 0.6) is 0 Å². The molecule has 5 N–H and O–H groups in total. The molecular weight excluding hydrogens is 353 g/mol. The molecule has 0 saturated heterocycles. The first-order chi connectivity index (χ1) is 12.5. The number of hydrogen-bond donors (Lipinski definition) is 3. The SMILES string of the molecule is Cc1ccc2c(c1N)C=CNC2(N)c1ccc(CN(C)C)c(C(F)(F)F)c1. The van der Waals surface area contributed by atoms with Crippen LogP contribution in [0.15, 0.2) is 36.5 Å². The highest BCUT2D eigenvalue weighted by molar-refractivity contribution is 5.74. The summed E-state index contributed by atoms with van der Waals surface area (Å²) < 4.78 is 41.0. The molecule has 1 atom stereocenters. The summed E-state index contributed by atoms with van der Waals surface area (Å²) in [7, 11) is 3.46. The van der Waals surface area contributed by atoms with E-state index in [0.717, 1.165) is 17.2 Å².